The third-order valence-corrected chi connectivity index (χ3v) is 9.23. The Morgan fingerprint density at radius 2 is 1.69 bits per heavy atom. The zero-order valence-electron chi connectivity index (χ0n) is 19.1. The molecule has 32 heavy (non-hydrogen) atoms. The molecule has 2 unspecified atom stereocenters. The summed E-state index contributed by atoms with van der Waals surface area (Å²) in [4.78, 5) is 0. The monoisotopic (exact) mass is 466 g/mol. The predicted octanol–water partition coefficient (Wildman–Crippen LogP) is 7.84. The quantitative estimate of drug-likeness (QED) is 0.405. The van der Waals surface area contributed by atoms with Crippen LogP contribution in [-0.2, 0) is 13.1 Å². The molecule has 0 radical (unpaired) electrons. The van der Waals surface area contributed by atoms with Crippen LogP contribution in [0.25, 0.3) is 10.9 Å². The molecule has 168 valence electrons. The van der Waals surface area contributed by atoms with E-state index in [1.807, 2.05) is 12.1 Å². The van der Waals surface area contributed by atoms with Gasteiger partial charge in [-0.3, -0.25) is 0 Å². The van der Waals surface area contributed by atoms with Crippen LogP contribution in [0.15, 0.2) is 48.7 Å². The molecule has 0 aliphatic heterocycles. The Balaban J connectivity index is 1.28. The van der Waals surface area contributed by atoms with E-state index in [0.717, 1.165) is 19.0 Å². The summed E-state index contributed by atoms with van der Waals surface area (Å²) in [5.74, 6) is 0.907. The molecule has 4 bridgehead atoms. The van der Waals surface area contributed by atoms with Crippen molar-refractivity contribution in [2.24, 2.45) is 16.7 Å². The zero-order chi connectivity index (χ0) is 22.1. The van der Waals surface area contributed by atoms with E-state index < -0.39 is 0 Å². The maximum absolute atomic E-state index is 6.27. The van der Waals surface area contributed by atoms with E-state index in [2.05, 4.69) is 60.3 Å². The van der Waals surface area contributed by atoms with E-state index in [0.29, 0.717) is 26.4 Å². The van der Waals surface area contributed by atoms with Crippen LogP contribution in [0.5, 0.6) is 0 Å². The average molecular weight is 467 g/mol. The van der Waals surface area contributed by atoms with Crippen molar-refractivity contribution < 1.29 is 0 Å². The zero-order valence-corrected chi connectivity index (χ0v) is 20.6. The van der Waals surface area contributed by atoms with Crippen LogP contribution in [0, 0.1) is 16.7 Å². The lowest BCUT2D eigenvalue weighted by molar-refractivity contribution is -0.118. The Morgan fingerprint density at radius 1 is 0.938 bits per heavy atom. The highest BCUT2D eigenvalue weighted by molar-refractivity contribution is 6.42. The number of aromatic nitrogens is 1. The van der Waals surface area contributed by atoms with E-state index in [1.54, 1.807) is 0 Å². The average Bonchev–Trinajstić information content (AvgIpc) is 3.04. The molecule has 4 fully saturated rings. The summed E-state index contributed by atoms with van der Waals surface area (Å²) in [5, 5.41) is 6.70. The van der Waals surface area contributed by atoms with Crippen LogP contribution < -0.4 is 5.32 Å². The van der Waals surface area contributed by atoms with E-state index in [1.165, 1.54) is 60.6 Å². The van der Waals surface area contributed by atoms with Crippen molar-refractivity contribution in [1.82, 2.24) is 9.88 Å². The summed E-state index contributed by atoms with van der Waals surface area (Å²) in [5.41, 5.74) is 5.22. The number of nitrogens with zero attached hydrogens (tertiary/aromatic N) is 1. The van der Waals surface area contributed by atoms with Crippen molar-refractivity contribution in [3.63, 3.8) is 0 Å². The summed E-state index contributed by atoms with van der Waals surface area (Å²) in [6.07, 6.45) is 10.7. The van der Waals surface area contributed by atoms with Gasteiger partial charge < -0.3 is 9.88 Å². The molecule has 7 rings (SSSR count). The molecule has 1 aromatic heterocycles. The molecule has 1 heterocycles. The lowest BCUT2D eigenvalue weighted by atomic mass is 9.43. The van der Waals surface area contributed by atoms with Crippen LogP contribution in [-0.4, -0.2) is 10.1 Å². The Morgan fingerprint density at radius 3 is 2.41 bits per heavy atom. The maximum atomic E-state index is 6.27. The van der Waals surface area contributed by atoms with Gasteiger partial charge in [-0.25, -0.2) is 0 Å². The SMILES string of the molecule is C[C@]12CC3CC(NCc4cn(Cc5ccc(Cl)c(Cl)c5)c5ccccc45)(C1)C[C@@](C)(C3)C2. The smallest absolute Gasteiger partial charge is 0.0595 e. The van der Waals surface area contributed by atoms with Gasteiger partial charge in [0.25, 0.3) is 0 Å². The highest BCUT2D eigenvalue weighted by atomic mass is 35.5. The number of hydrogen-bond donors (Lipinski definition) is 1. The molecule has 4 saturated carbocycles. The maximum Gasteiger partial charge on any atom is 0.0595 e. The highest BCUT2D eigenvalue weighted by Gasteiger charge is 2.59. The van der Waals surface area contributed by atoms with Crippen molar-refractivity contribution in [3.05, 3.63) is 69.8 Å². The number of rotatable bonds is 5. The molecule has 2 nitrogen and oxygen atoms in total. The van der Waals surface area contributed by atoms with E-state index in [9.17, 15) is 0 Å². The van der Waals surface area contributed by atoms with Crippen molar-refractivity contribution >= 4 is 34.1 Å². The van der Waals surface area contributed by atoms with Crippen LogP contribution >= 0.6 is 23.2 Å². The number of hydrogen-bond acceptors (Lipinski definition) is 1. The molecule has 4 atom stereocenters. The van der Waals surface area contributed by atoms with Crippen LogP contribution in [0.4, 0.5) is 0 Å². The molecular formula is C28H32Cl2N2. The van der Waals surface area contributed by atoms with E-state index >= 15 is 0 Å². The lowest BCUT2D eigenvalue weighted by Crippen LogP contribution is -2.63. The topological polar surface area (TPSA) is 17.0 Å². The lowest BCUT2D eigenvalue weighted by Gasteiger charge is -2.65. The molecule has 2 aromatic carbocycles. The van der Waals surface area contributed by atoms with Gasteiger partial charge in [0.15, 0.2) is 0 Å². The highest BCUT2D eigenvalue weighted by Crippen LogP contribution is 2.66. The van der Waals surface area contributed by atoms with E-state index in [4.69, 9.17) is 23.2 Å². The number of benzene rings is 2. The van der Waals surface area contributed by atoms with Crippen LogP contribution in [0.1, 0.15) is 63.5 Å². The summed E-state index contributed by atoms with van der Waals surface area (Å²) < 4.78 is 2.36. The Labute approximate surface area is 201 Å². The summed E-state index contributed by atoms with van der Waals surface area (Å²) in [6.45, 7) is 6.83. The third-order valence-electron chi connectivity index (χ3n) is 8.49. The Hall–Kier alpha value is -1.48. The minimum atomic E-state index is 0.315. The first-order valence-corrected chi connectivity index (χ1v) is 12.8. The molecule has 4 aliphatic rings. The van der Waals surface area contributed by atoms with Crippen LogP contribution in [0.3, 0.4) is 0 Å². The van der Waals surface area contributed by atoms with E-state index in [-0.39, 0.29) is 0 Å². The predicted molar refractivity (Wildman–Crippen MR) is 134 cm³/mol. The van der Waals surface area contributed by atoms with Crippen molar-refractivity contribution in [3.8, 4) is 0 Å². The van der Waals surface area contributed by atoms with Crippen molar-refractivity contribution in [2.45, 2.75) is 71.0 Å². The van der Waals surface area contributed by atoms with Gasteiger partial charge in [0, 0.05) is 35.7 Å². The van der Waals surface area contributed by atoms with Gasteiger partial charge >= 0.3 is 0 Å². The fourth-order valence-electron chi connectivity index (χ4n) is 8.36. The summed E-state index contributed by atoms with van der Waals surface area (Å²) in [7, 11) is 0. The summed E-state index contributed by atoms with van der Waals surface area (Å²) >= 11 is 12.4. The minimum absolute atomic E-state index is 0.315. The fourth-order valence-corrected chi connectivity index (χ4v) is 8.68. The molecular weight excluding hydrogens is 435 g/mol. The molecule has 4 heteroatoms. The number of halogens is 2. The minimum Gasteiger partial charge on any atom is -0.343 e. The fraction of sp³-hybridized carbons (Fsp3) is 0.500. The number of fused-ring (bicyclic) bond motifs is 1. The first kappa shape index (κ1) is 21.1. The third kappa shape index (κ3) is 3.59. The van der Waals surface area contributed by atoms with Gasteiger partial charge in [-0.05, 0) is 84.6 Å². The number of para-hydroxylation sites is 1. The largest absolute Gasteiger partial charge is 0.343 e. The number of nitrogens with one attached hydrogen (secondary N) is 1. The van der Waals surface area contributed by atoms with Crippen LogP contribution in [0.2, 0.25) is 10.0 Å². The van der Waals surface area contributed by atoms with Gasteiger partial charge in [-0.2, -0.15) is 0 Å². The standard InChI is InChI=1S/C28H32Cl2N2/c1-26-10-20-11-27(2,16-26)18-28(12-20,17-26)31-13-21-15-32(25-6-4-3-5-22(21)25)14-19-7-8-23(29)24(30)9-19/h3-9,15,20,31H,10-14,16-18H2,1-2H3/t20?,26-,27+,28?. The molecule has 3 aromatic rings. The summed E-state index contributed by atoms with van der Waals surface area (Å²) in [6, 6.07) is 14.7. The Bertz CT molecular complexity index is 1180. The van der Waals surface area contributed by atoms with Gasteiger partial charge in [0.05, 0.1) is 10.0 Å². The molecule has 1 N–H and O–H groups in total. The second-order valence-corrected chi connectivity index (χ2v) is 12.6. The molecule has 0 amide bonds. The van der Waals surface area contributed by atoms with Gasteiger partial charge in [-0.15, -0.1) is 0 Å². The molecule has 0 saturated heterocycles. The first-order chi connectivity index (χ1) is 15.2. The Kier molecular flexibility index (Phi) is 4.78. The van der Waals surface area contributed by atoms with Gasteiger partial charge in [0.2, 0.25) is 0 Å². The van der Waals surface area contributed by atoms with Crippen molar-refractivity contribution in [2.75, 3.05) is 0 Å². The van der Waals surface area contributed by atoms with Gasteiger partial charge in [-0.1, -0.05) is 61.3 Å². The van der Waals surface area contributed by atoms with Gasteiger partial charge in [0.1, 0.15) is 0 Å². The molecule has 4 aliphatic carbocycles. The van der Waals surface area contributed by atoms with Crippen molar-refractivity contribution in [1.29, 1.82) is 0 Å². The molecule has 0 spiro atoms. The normalized spacial score (nSPS) is 33.3. The second-order valence-electron chi connectivity index (χ2n) is 11.8. The second kappa shape index (κ2) is 7.26. The first-order valence-electron chi connectivity index (χ1n) is 12.0.